The van der Waals surface area contributed by atoms with Gasteiger partial charge in [-0.05, 0) is 17.2 Å². The maximum absolute atomic E-state index is 6.00. The Kier molecular flexibility index (Phi) is 3.35. The molecular weight excluding hydrogens is 296 g/mol. The first-order valence-corrected chi connectivity index (χ1v) is 8.22. The van der Waals surface area contributed by atoms with Crippen molar-refractivity contribution in [2.24, 2.45) is 10.7 Å². The van der Waals surface area contributed by atoms with Crippen molar-refractivity contribution in [3.63, 3.8) is 0 Å². The van der Waals surface area contributed by atoms with Crippen LogP contribution in [0.1, 0.15) is 12.0 Å². The zero-order chi connectivity index (χ0) is 15.0. The van der Waals surface area contributed by atoms with Crippen molar-refractivity contribution in [1.82, 2.24) is 9.97 Å². The van der Waals surface area contributed by atoms with Crippen molar-refractivity contribution >= 4 is 16.9 Å². The first-order chi connectivity index (χ1) is 10.8. The van der Waals surface area contributed by atoms with Gasteiger partial charge in [-0.15, -0.1) is 0 Å². The normalized spacial score (nSPS) is 27.3. The average molecular weight is 312 g/mol. The number of nitrogens with zero attached hydrogens (tertiary/aromatic N) is 3. The van der Waals surface area contributed by atoms with Crippen molar-refractivity contribution in [1.29, 1.82) is 0 Å². The molecule has 0 unspecified atom stereocenters. The van der Waals surface area contributed by atoms with Crippen LogP contribution in [0.2, 0.25) is 0 Å². The molecule has 0 radical (unpaired) electrons. The van der Waals surface area contributed by atoms with Gasteiger partial charge in [0.2, 0.25) is 0 Å². The van der Waals surface area contributed by atoms with E-state index in [1.54, 1.807) is 11.8 Å². The first kappa shape index (κ1) is 13.7. The lowest BCUT2D eigenvalue weighted by atomic mass is 9.83. The molecule has 3 heterocycles. The van der Waals surface area contributed by atoms with Gasteiger partial charge in [-0.3, -0.25) is 0 Å². The molecule has 5 nitrogen and oxygen atoms in total. The fraction of sp³-hybridized carbons (Fsp3) is 0.312. The van der Waals surface area contributed by atoms with E-state index >= 15 is 0 Å². The third-order valence-corrected chi connectivity index (χ3v) is 5.14. The number of thioether (sulfide) groups is 1. The van der Waals surface area contributed by atoms with Gasteiger partial charge < -0.3 is 10.5 Å². The van der Waals surface area contributed by atoms with E-state index in [1.807, 2.05) is 12.4 Å². The zero-order valence-corrected chi connectivity index (χ0v) is 12.8. The third-order valence-electron chi connectivity index (χ3n) is 4.28. The number of aromatic nitrogens is 2. The highest BCUT2D eigenvalue weighted by molar-refractivity contribution is 8.13. The van der Waals surface area contributed by atoms with E-state index in [1.165, 1.54) is 6.33 Å². The quantitative estimate of drug-likeness (QED) is 0.920. The molecule has 6 heteroatoms. The lowest BCUT2D eigenvalue weighted by Gasteiger charge is -2.34. The van der Waals surface area contributed by atoms with Crippen LogP contribution >= 0.6 is 11.8 Å². The Hall–Kier alpha value is -1.92. The molecule has 112 valence electrons. The van der Waals surface area contributed by atoms with E-state index in [2.05, 4.69) is 34.2 Å². The van der Waals surface area contributed by atoms with E-state index in [9.17, 15) is 0 Å². The summed E-state index contributed by atoms with van der Waals surface area (Å²) in [5.41, 5.74) is 8.89. The minimum atomic E-state index is -0.346. The molecule has 2 aromatic rings. The highest BCUT2D eigenvalue weighted by atomic mass is 32.2. The number of hydrogen-bond acceptors (Lipinski definition) is 6. The Labute approximate surface area is 133 Å². The Morgan fingerprint density at radius 1 is 1.23 bits per heavy atom. The van der Waals surface area contributed by atoms with Crippen LogP contribution in [0.3, 0.4) is 0 Å². The van der Waals surface area contributed by atoms with Crippen LogP contribution < -0.4 is 5.73 Å². The maximum atomic E-state index is 6.00. The number of nitrogens with two attached hydrogens (primary N) is 1. The highest BCUT2D eigenvalue weighted by Gasteiger charge is 2.48. The maximum Gasteiger partial charge on any atom is 0.154 e. The molecule has 22 heavy (non-hydrogen) atoms. The molecule has 0 amide bonds. The fourth-order valence-electron chi connectivity index (χ4n) is 3.17. The molecule has 1 fully saturated rings. The number of ether oxygens (including phenoxy) is 1. The van der Waals surface area contributed by atoms with E-state index < -0.39 is 0 Å². The Morgan fingerprint density at radius 2 is 2.09 bits per heavy atom. The molecule has 0 saturated carbocycles. The third kappa shape index (κ3) is 2.19. The van der Waals surface area contributed by atoms with Crippen LogP contribution in [-0.4, -0.2) is 33.6 Å². The summed E-state index contributed by atoms with van der Waals surface area (Å²) >= 11 is 1.57. The molecule has 2 N–H and O–H groups in total. The first-order valence-electron chi connectivity index (χ1n) is 7.24. The molecule has 1 aromatic carbocycles. The van der Waals surface area contributed by atoms with Crippen molar-refractivity contribution < 1.29 is 4.74 Å². The second-order valence-electron chi connectivity index (χ2n) is 5.50. The predicted octanol–water partition coefficient (Wildman–Crippen LogP) is 2.19. The van der Waals surface area contributed by atoms with Gasteiger partial charge in [0, 0.05) is 36.7 Å². The van der Waals surface area contributed by atoms with Crippen LogP contribution in [0.4, 0.5) is 0 Å². The molecule has 0 bridgehead atoms. The zero-order valence-electron chi connectivity index (χ0n) is 12.0. The van der Waals surface area contributed by atoms with Crippen molar-refractivity contribution in [3.05, 3.63) is 48.5 Å². The van der Waals surface area contributed by atoms with Crippen molar-refractivity contribution in [2.45, 2.75) is 18.1 Å². The molecule has 2 aliphatic heterocycles. The Bertz CT molecular complexity index is 721. The summed E-state index contributed by atoms with van der Waals surface area (Å²) in [5.74, 6) is 0.855. The van der Waals surface area contributed by atoms with Gasteiger partial charge in [-0.1, -0.05) is 30.0 Å². The number of fused-ring (bicyclic) bond motifs is 1. The smallest absolute Gasteiger partial charge is 0.154 e. The summed E-state index contributed by atoms with van der Waals surface area (Å²) in [4.78, 5) is 13.0. The number of aliphatic imine (C=N–C) groups is 1. The highest BCUT2D eigenvalue weighted by Crippen LogP contribution is 2.44. The van der Waals surface area contributed by atoms with Gasteiger partial charge in [0.05, 0.1) is 6.10 Å². The molecule has 0 aliphatic carbocycles. The summed E-state index contributed by atoms with van der Waals surface area (Å²) in [6, 6.07) is 8.39. The van der Waals surface area contributed by atoms with Gasteiger partial charge in [-0.2, -0.15) is 0 Å². The van der Waals surface area contributed by atoms with E-state index in [0.29, 0.717) is 5.17 Å². The van der Waals surface area contributed by atoms with Gasteiger partial charge in [-0.25, -0.2) is 15.0 Å². The molecule has 1 aromatic heterocycles. The van der Waals surface area contributed by atoms with Crippen molar-refractivity contribution in [3.8, 4) is 11.1 Å². The van der Waals surface area contributed by atoms with Crippen LogP contribution in [0.25, 0.3) is 11.1 Å². The minimum absolute atomic E-state index is 0.0899. The molecule has 2 atom stereocenters. The van der Waals surface area contributed by atoms with E-state index in [4.69, 9.17) is 15.5 Å². The summed E-state index contributed by atoms with van der Waals surface area (Å²) in [6.07, 6.45) is 6.14. The molecular formula is C16H16N4OS. The largest absolute Gasteiger partial charge is 0.379 e. The van der Waals surface area contributed by atoms with E-state index in [0.717, 1.165) is 35.5 Å². The SMILES string of the molecule is NC1=N[C@@]2(c3cccc(-c4cncnc4)c3)CCO[C@H]2CS1. The van der Waals surface area contributed by atoms with E-state index in [-0.39, 0.29) is 11.6 Å². The standard InChI is InChI=1S/C16H16N4OS/c17-15-20-16(4-5-21-14(16)9-22-15)13-3-1-2-11(6-13)12-7-18-10-19-8-12/h1-3,6-8,10,14H,4-5,9H2,(H2,17,20)/t14-,16+/m0/s1. The number of amidine groups is 1. The molecule has 0 spiro atoms. The number of rotatable bonds is 2. The number of benzene rings is 1. The summed E-state index contributed by atoms with van der Waals surface area (Å²) in [7, 11) is 0. The predicted molar refractivity (Wildman–Crippen MR) is 87.6 cm³/mol. The molecule has 2 aliphatic rings. The van der Waals surface area contributed by atoms with Crippen LogP contribution in [-0.2, 0) is 10.3 Å². The Morgan fingerprint density at radius 3 is 2.95 bits per heavy atom. The van der Waals surface area contributed by atoms with Crippen LogP contribution in [0.15, 0.2) is 48.0 Å². The van der Waals surface area contributed by atoms with Crippen LogP contribution in [0.5, 0.6) is 0 Å². The minimum Gasteiger partial charge on any atom is -0.379 e. The molecule has 1 saturated heterocycles. The Balaban J connectivity index is 1.81. The van der Waals surface area contributed by atoms with Gasteiger partial charge >= 0.3 is 0 Å². The lowest BCUT2D eigenvalue weighted by Crippen LogP contribution is -2.41. The van der Waals surface area contributed by atoms with Gasteiger partial charge in [0.25, 0.3) is 0 Å². The lowest BCUT2D eigenvalue weighted by molar-refractivity contribution is 0.0989. The second kappa shape index (κ2) is 5.37. The second-order valence-corrected chi connectivity index (χ2v) is 6.54. The number of hydrogen-bond donors (Lipinski definition) is 1. The molecule has 4 rings (SSSR count). The van der Waals surface area contributed by atoms with Crippen LogP contribution in [0, 0.1) is 0 Å². The fourth-order valence-corrected chi connectivity index (χ4v) is 4.09. The monoisotopic (exact) mass is 312 g/mol. The average Bonchev–Trinajstić information content (AvgIpc) is 3.00. The summed E-state index contributed by atoms with van der Waals surface area (Å²) < 4.78 is 5.90. The van der Waals surface area contributed by atoms with Gasteiger partial charge in [0.1, 0.15) is 11.9 Å². The topological polar surface area (TPSA) is 73.4 Å². The summed E-state index contributed by atoms with van der Waals surface area (Å²) in [5, 5.41) is 0.648. The van der Waals surface area contributed by atoms with Crippen molar-refractivity contribution in [2.75, 3.05) is 12.4 Å². The summed E-state index contributed by atoms with van der Waals surface area (Å²) in [6.45, 7) is 0.723. The van der Waals surface area contributed by atoms with Gasteiger partial charge in [0.15, 0.2) is 5.17 Å².